The third-order valence-electron chi connectivity index (χ3n) is 4.32. The van der Waals surface area contributed by atoms with Gasteiger partial charge in [-0.2, -0.15) is 0 Å². The maximum absolute atomic E-state index is 12.7. The van der Waals surface area contributed by atoms with E-state index >= 15 is 0 Å². The maximum atomic E-state index is 12.7. The first kappa shape index (κ1) is 14.4. The molecule has 0 spiro atoms. The lowest BCUT2D eigenvalue weighted by Gasteiger charge is -2.34. The molecular weight excluding hydrogens is 256 g/mol. The molecule has 1 saturated heterocycles. The number of anilines is 1. The molecule has 1 aromatic rings. The maximum Gasteiger partial charge on any atom is 0.329 e. The fourth-order valence-electron chi connectivity index (χ4n) is 2.95. The van der Waals surface area contributed by atoms with Gasteiger partial charge in [0.1, 0.15) is 5.54 Å². The summed E-state index contributed by atoms with van der Waals surface area (Å²) in [5.41, 5.74) is 6.50. The Hall–Kier alpha value is -2.04. The summed E-state index contributed by atoms with van der Waals surface area (Å²) >= 11 is 0. The Labute approximate surface area is 118 Å². The van der Waals surface area contributed by atoms with Gasteiger partial charge in [-0.25, -0.2) is 4.79 Å². The smallest absolute Gasteiger partial charge is 0.329 e. The SMILES string of the molecule is CCC1(C(=O)O)CCCN1C(=O)c1cccc(N)c1C. The minimum atomic E-state index is -1.08. The number of nitrogen functional groups attached to an aromatic ring is 1. The van der Waals surface area contributed by atoms with Crippen molar-refractivity contribution in [3.05, 3.63) is 29.3 Å². The highest BCUT2D eigenvalue weighted by molar-refractivity contribution is 6.00. The predicted octanol–water partition coefficient (Wildman–Crippen LogP) is 2.05. The number of aliphatic carboxylic acids is 1. The molecule has 1 fully saturated rings. The second kappa shape index (κ2) is 5.15. The van der Waals surface area contributed by atoms with Gasteiger partial charge in [0.15, 0.2) is 0 Å². The fraction of sp³-hybridized carbons (Fsp3) is 0.467. The van der Waals surface area contributed by atoms with E-state index in [1.807, 2.05) is 6.92 Å². The first-order chi connectivity index (χ1) is 9.44. The number of rotatable bonds is 3. The Morgan fingerprint density at radius 2 is 2.15 bits per heavy atom. The second-order valence-corrected chi connectivity index (χ2v) is 5.27. The van der Waals surface area contributed by atoms with E-state index in [4.69, 9.17) is 5.73 Å². The highest BCUT2D eigenvalue weighted by atomic mass is 16.4. The van der Waals surface area contributed by atoms with Crippen LogP contribution in [0.25, 0.3) is 0 Å². The molecule has 20 heavy (non-hydrogen) atoms. The lowest BCUT2D eigenvalue weighted by Crippen LogP contribution is -2.52. The number of hydrogen-bond donors (Lipinski definition) is 2. The summed E-state index contributed by atoms with van der Waals surface area (Å²) in [6.45, 7) is 4.08. The summed E-state index contributed by atoms with van der Waals surface area (Å²) in [5.74, 6) is -1.16. The second-order valence-electron chi connectivity index (χ2n) is 5.27. The fourth-order valence-corrected chi connectivity index (χ4v) is 2.95. The van der Waals surface area contributed by atoms with E-state index in [1.54, 1.807) is 25.1 Å². The number of carboxylic acids is 1. The number of benzene rings is 1. The molecule has 0 aliphatic carbocycles. The van der Waals surface area contributed by atoms with Crippen LogP contribution in [0.2, 0.25) is 0 Å². The first-order valence-corrected chi connectivity index (χ1v) is 6.84. The molecular formula is C15H20N2O3. The summed E-state index contributed by atoms with van der Waals surface area (Å²) < 4.78 is 0. The van der Waals surface area contributed by atoms with Crippen molar-refractivity contribution in [2.45, 2.75) is 38.6 Å². The van der Waals surface area contributed by atoms with Crippen LogP contribution in [0.1, 0.15) is 42.1 Å². The summed E-state index contributed by atoms with van der Waals surface area (Å²) in [7, 11) is 0. The lowest BCUT2D eigenvalue weighted by atomic mass is 9.92. The molecule has 1 aliphatic heterocycles. The van der Waals surface area contributed by atoms with Crippen molar-refractivity contribution in [1.82, 2.24) is 4.90 Å². The molecule has 1 heterocycles. The average molecular weight is 276 g/mol. The number of nitrogens with zero attached hydrogens (tertiary/aromatic N) is 1. The summed E-state index contributed by atoms with van der Waals surface area (Å²) in [4.78, 5) is 25.8. The van der Waals surface area contributed by atoms with Crippen LogP contribution in [0.15, 0.2) is 18.2 Å². The molecule has 0 aromatic heterocycles. The van der Waals surface area contributed by atoms with Gasteiger partial charge < -0.3 is 15.7 Å². The van der Waals surface area contributed by atoms with Gasteiger partial charge in [0.25, 0.3) is 5.91 Å². The first-order valence-electron chi connectivity index (χ1n) is 6.84. The standard InChI is InChI=1S/C15H20N2O3/c1-3-15(14(19)20)8-5-9-17(15)13(18)11-6-4-7-12(16)10(11)2/h4,6-7H,3,5,8-9,16H2,1-2H3,(H,19,20). The Bertz CT molecular complexity index is 556. The van der Waals surface area contributed by atoms with Crippen molar-refractivity contribution < 1.29 is 14.7 Å². The van der Waals surface area contributed by atoms with Crippen molar-refractivity contribution in [3.8, 4) is 0 Å². The van der Waals surface area contributed by atoms with Gasteiger partial charge in [0.05, 0.1) is 0 Å². The van der Waals surface area contributed by atoms with Crippen molar-refractivity contribution >= 4 is 17.6 Å². The van der Waals surface area contributed by atoms with E-state index < -0.39 is 11.5 Å². The van der Waals surface area contributed by atoms with Crippen LogP contribution in [0.3, 0.4) is 0 Å². The number of carbonyl (C=O) groups excluding carboxylic acids is 1. The largest absolute Gasteiger partial charge is 0.479 e. The van der Waals surface area contributed by atoms with Gasteiger partial charge in [0, 0.05) is 17.8 Å². The highest BCUT2D eigenvalue weighted by Crippen LogP contribution is 2.34. The Balaban J connectivity index is 2.42. The van der Waals surface area contributed by atoms with E-state index in [2.05, 4.69) is 0 Å². The Morgan fingerprint density at radius 1 is 1.45 bits per heavy atom. The van der Waals surface area contributed by atoms with Crippen LogP contribution in [-0.4, -0.2) is 34.0 Å². The number of hydrogen-bond acceptors (Lipinski definition) is 3. The number of likely N-dealkylation sites (tertiary alicyclic amines) is 1. The number of carbonyl (C=O) groups is 2. The van der Waals surface area contributed by atoms with Crippen molar-refractivity contribution in [1.29, 1.82) is 0 Å². The minimum absolute atomic E-state index is 0.239. The molecule has 1 atom stereocenters. The zero-order valence-electron chi connectivity index (χ0n) is 11.8. The van der Waals surface area contributed by atoms with Crippen LogP contribution in [-0.2, 0) is 4.79 Å². The van der Waals surface area contributed by atoms with Gasteiger partial charge in [0.2, 0.25) is 0 Å². The zero-order valence-corrected chi connectivity index (χ0v) is 11.8. The third kappa shape index (κ3) is 2.03. The van der Waals surface area contributed by atoms with Crippen LogP contribution < -0.4 is 5.73 Å². The molecule has 5 heteroatoms. The van der Waals surface area contributed by atoms with Gasteiger partial charge in [-0.1, -0.05) is 13.0 Å². The van der Waals surface area contributed by atoms with E-state index in [9.17, 15) is 14.7 Å². The van der Waals surface area contributed by atoms with Crippen molar-refractivity contribution in [3.63, 3.8) is 0 Å². The molecule has 108 valence electrons. The molecule has 3 N–H and O–H groups in total. The van der Waals surface area contributed by atoms with Crippen LogP contribution in [0.5, 0.6) is 0 Å². The van der Waals surface area contributed by atoms with E-state index in [1.165, 1.54) is 4.90 Å². The zero-order chi connectivity index (χ0) is 14.9. The topological polar surface area (TPSA) is 83.6 Å². The molecule has 0 bridgehead atoms. The van der Waals surface area contributed by atoms with Crippen LogP contribution in [0, 0.1) is 6.92 Å². The van der Waals surface area contributed by atoms with E-state index in [-0.39, 0.29) is 5.91 Å². The van der Waals surface area contributed by atoms with Crippen molar-refractivity contribution in [2.75, 3.05) is 12.3 Å². The van der Waals surface area contributed by atoms with Gasteiger partial charge in [-0.3, -0.25) is 4.79 Å². The Kier molecular flexibility index (Phi) is 3.70. The molecule has 5 nitrogen and oxygen atoms in total. The molecule has 1 amide bonds. The Morgan fingerprint density at radius 3 is 2.75 bits per heavy atom. The predicted molar refractivity (Wildman–Crippen MR) is 76.5 cm³/mol. The quantitative estimate of drug-likeness (QED) is 0.827. The van der Waals surface area contributed by atoms with Crippen LogP contribution in [0.4, 0.5) is 5.69 Å². The number of nitrogens with two attached hydrogens (primary N) is 1. The van der Waals surface area contributed by atoms with E-state index in [0.717, 1.165) is 0 Å². The van der Waals surface area contributed by atoms with Gasteiger partial charge in [-0.05, 0) is 43.9 Å². The molecule has 2 rings (SSSR count). The average Bonchev–Trinajstić information content (AvgIpc) is 2.86. The molecule has 0 saturated carbocycles. The minimum Gasteiger partial charge on any atom is -0.479 e. The van der Waals surface area contributed by atoms with Crippen LogP contribution >= 0.6 is 0 Å². The molecule has 1 aliphatic rings. The summed E-state index contributed by atoms with van der Waals surface area (Å²) in [5, 5.41) is 9.54. The molecule has 0 radical (unpaired) electrons. The van der Waals surface area contributed by atoms with Gasteiger partial charge in [-0.15, -0.1) is 0 Å². The number of carboxylic acid groups (broad SMARTS) is 1. The third-order valence-corrected chi connectivity index (χ3v) is 4.32. The lowest BCUT2D eigenvalue weighted by molar-refractivity contribution is -0.148. The number of amides is 1. The van der Waals surface area contributed by atoms with E-state index in [0.29, 0.717) is 42.6 Å². The molecule has 1 unspecified atom stereocenters. The molecule has 1 aromatic carbocycles. The normalized spacial score (nSPS) is 22.0. The summed E-state index contributed by atoms with van der Waals surface area (Å²) in [6, 6.07) is 5.16. The highest BCUT2D eigenvalue weighted by Gasteiger charge is 2.48. The van der Waals surface area contributed by atoms with Crippen molar-refractivity contribution in [2.24, 2.45) is 0 Å². The van der Waals surface area contributed by atoms with Gasteiger partial charge >= 0.3 is 5.97 Å². The summed E-state index contributed by atoms with van der Waals surface area (Å²) in [6.07, 6.45) is 1.63. The monoisotopic (exact) mass is 276 g/mol.